The van der Waals surface area contributed by atoms with Gasteiger partial charge in [0, 0.05) is 30.2 Å². The van der Waals surface area contributed by atoms with Gasteiger partial charge in [-0.15, -0.1) is 0 Å². The zero-order chi connectivity index (χ0) is 19.9. The molecule has 0 spiro atoms. The summed E-state index contributed by atoms with van der Waals surface area (Å²) in [7, 11) is 0. The third kappa shape index (κ3) is 4.94. The molecule has 2 aromatic heterocycles. The molecule has 2 heterocycles. The Hall–Kier alpha value is -2.31. The Bertz CT molecular complexity index is 901. The molecule has 146 valence electrons. The van der Waals surface area contributed by atoms with Crippen LogP contribution in [0.1, 0.15) is 31.1 Å². The van der Waals surface area contributed by atoms with Crippen molar-refractivity contribution in [2.45, 2.75) is 25.5 Å². The Kier molecular flexibility index (Phi) is 7.12. The fourth-order valence-electron chi connectivity index (χ4n) is 2.91. The number of hydrogen-bond donors (Lipinski definition) is 0. The zero-order valence-electron chi connectivity index (χ0n) is 16.0. The second-order valence-electron chi connectivity index (χ2n) is 6.27. The van der Waals surface area contributed by atoms with E-state index in [1.165, 1.54) is 5.56 Å². The molecule has 0 N–H and O–H groups in total. The summed E-state index contributed by atoms with van der Waals surface area (Å²) < 4.78 is 1.65. The van der Waals surface area contributed by atoms with E-state index in [2.05, 4.69) is 29.1 Å². The predicted octanol–water partition coefficient (Wildman–Crippen LogP) is 5.16. The van der Waals surface area contributed by atoms with E-state index in [1.807, 2.05) is 37.3 Å². The lowest BCUT2D eigenvalue weighted by atomic mass is 10.2. The van der Waals surface area contributed by atoms with Crippen molar-refractivity contribution in [1.29, 1.82) is 0 Å². The maximum atomic E-state index is 12.8. The van der Waals surface area contributed by atoms with E-state index in [9.17, 15) is 4.79 Å². The number of halogens is 1. The number of carbonyl (C=O) groups excluding carboxylic acids is 1. The van der Waals surface area contributed by atoms with E-state index in [0.717, 1.165) is 11.4 Å². The van der Waals surface area contributed by atoms with Crippen molar-refractivity contribution in [1.82, 2.24) is 14.8 Å². The van der Waals surface area contributed by atoms with Gasteiger partial charge in [0.15, 0.2) is 5.15 Å². The molecule has 0 aliphatic carbocycles. The number of anilines is 1. The second kappa shape index (κ2) is 9.75. The van der Waals surface area contributed by atoms with E-state index < -0.39 is 0 Å². The van der Waals surface area contributed by atoms with Crippen molar-refractivity contribution >= 4 is 35.0 Å². The summed E-state index contributed by atoms with van der Waals surface area (Å²) in [5.74, 6) is 0.794. The minimum absolute atomic E-state index is 0.0444. The molecule has 0 aliphatic heterocycles. The summed E-state index contributed by atoms with van der Waals surface area (Å²) >= 11 is 8.10. The number of rotatable bonds is 8. The summed E-state index contributed by atoms with van der Waals surface area (Å²) in [5, 5.41) is 4.98. The first-order valence-electron chi connectivity index (χ1n) is 9.22. The van der Waals surface area contributed by atoms with Crippen molar-refractivity contribution in [3.8, 4) is 5.69 Å². The number of amides is 1. The van der Waals surface area contributed by atoms with Crippen LogP contribution in [0.15, 0.2) is 61.1 Å². The van der Waals surface area contributed by atoms with Gasteiger partial charge >= 0.3 is 0 Å². The Morgan fingerprint density at radius 3 is 2.71 bits per heavy atom. The van der Waals surface area contributed by atoms with Crippen LogP contribution in [0.3, 0.4) is 0 Å². The third-order valence-corrected chi connectivity index (χ3v) is 5.90. The molecule has 0 saturated heterocycles. The molecule has 0 bridgehead atoms. The maximum Gasteiger partial charge on any atom is 0.227 e. The van der Waals surface area contributed by atoms with Crippen LogP contribution in [-0.4, -0.2) is 33.0 Å². The lowest BCUT2D eigenvalue weighted by Crippen LogP contribution is -2.30. The van der Waals surface area contributed by atoms with E-state index in [0.29, 0.717) is 29.1 Å². The number of carbonyl (C=O) groups is 1. The molecule has 3 aromatic rings. The van der Waals surface area contributed by atoms with Gasteiger partial charge in [-0.1, -0.05) is 41.9 Å². The summed E-state index contributed by atoms with van der Waals surface area (Å²) in [5.41, 5.74) is 2.69. The molecule has 0 fully saturated rings. The van der Waals surface area contributed by atoms with Crippen LogP contribution in [0.4, 0.5) is 5.69 Å². The Morgan fingerprint density at radius 2 is 2.04 bits per heavy atom. The molecule has 0 radical (unpaired) electrons. The van der Waals surface area contributed by atoms with Gasteiger partial charge in [-0.2, -0.15) is 16.9 Å². The molecular weight excluding hydrogens is 392 g/mol. The molecule has 5 nitrogen and oxygen atoms in total. The van der Waals surface area contributed by atoms with Crippen LogP contribution >= 0.6 is 23.4 Å². The average Bonchev–Trinajstić information content (AvgIpc) is 3.11. The molecule has 0 aliphatic rings. The molecule has 1 atom stereocenters. The normalized spacial score (nSPS) is 12.0. The average molecular weight is 415 g/mol. The third-order valence-electron chi connectivity index (χ3n) is 4.42. The number of thioether (sulfide) groups is 1. The van der Waals surface area contributed by atoms with Crippen LogP contribution in [0.25, 0.3) is 5.69 Å². The molecular formula is C21H23ClN4OS. The van der Waals surface area contributed by atoms with Crippen LogP contribution in [0.5, 0.6) is 0 Å². The van der Waals surface area contributed by atoms with E-state index in [1.54, 1.807) is 39.9 Å². The zero-order valence-corrected chi connectivity index (χ0v) is 17.5. The van der Waals surface area contributed by atoms with Gasteiger partial charge in [0.2, 0.25) is 5.91 Å². The minimum atomic E-state index is 0.0444. The number of aromatic nitrogens is 3. The Morgan fingerprint density at radius 1 is 1.25 bits per heavy atom. The highest BCUT2D eigenvalue weighted by Gasteiger charge is 2.20. The van der Waals surface area contributed by atoms with Gasteiger partial charge in [-0.3, -0.25) is 9.78 Å². The number of nitrogens with zero attached hydrogens (tertiary/aromatic N) is 4. The van der Waals surface area contributed by atoms with Gasteiger partial charge in [-0.25, -0.2) is 4.68 Å². The fraction of sp³-hybridized carbons (Fsp3) is 0.286. The topological polar surface area (TPSA) is 51.0 Å². The Balaban J connectivity index is 1.63. The van der Waals surface area contributed by atoms with E-state index in [-0.39, 0.29) is 5.91 Å². The van der Waals surface area contributed by atoms with Crippen molar-refractivity contribution in [3.05, 3.63) is 71.8 Å². The van der Waals surface area contributed by atoms with Crippen molar-refractivity contribution in [2.24, 2.45) is 0 Å². The summed E-state index contributed by atoms with van der Waals surface area (Å²) in [4.78, 5) is 18.6. The fourth-order valence-corrected chi connectivity index (χ4v) is 4.13. The minimum Gasteiger partial charge on any atom is -0.308 e. The summed E-state index contributed by atoms with van der Waals surface area (Å²) in [6, 6.07) is 14.0. The number of benzene rings is 1. The largest absolute Gasteiger partial charge is 0.308 e. The van der Waals surface area contributed by atoms with Crippen LogP contribution in [-0.2, 0) is 4.79 Å². The first-order valence-corrected chi connectivity index (χ1v) is 10.6. The van der Waals surface area contributed by atoms with Gasteiger partial charge < -0.3 is 4.90 Å². The highest BCUT2D eigenvalue weighted by atomic mass is 35.5. The molecule has 0 saturated carbocycles. The molecule has 7 heteroatoms. The highest BCUT2D eigenvalue weighted by molar-refractivity contribution is 7.99. The van der Waals surface area contributed by atoms with Crippen LogP contribution in [0.2, 0.25) is 5.15 Å². The maximum absolute atomic E-state index is 12.8. The van der Waals surface area contributed by atoms with Crippen LogP contribution < -0.4 is 4.90 Å². The molecule has 1 unspecified atom stereocenters. The summed E-state index contributed by atoms with van der Waals surface area (Å²) in [6.45, 7) is 4.64. The Labute approximate surface area is 174 Å². The lowest BCUT2D eigenvalue weighted by Gasteiger charge is -2.20. The highest BCUT2D eigenvalue weighted by Crippen LogP contribution is 2.30. The molecule has 28 heavy (non-hydrogen) atoms. The smallest absolute Gasteiger partial charge is 0.227 e. The molecule has 3 rings (SSSR count). The lowest BCUT2D eigenvalue weighted by molar-refractivity contribution is -0.118. The van der Waals surface area contributed by atoms with E-state index in [4.69, 9.17) is 11.6 Å². The van der Waals surface area contributed by atoms with Gasteiger partial charge in [0.1, 0.15) is 5.69 Å². The monoisotopic (exact) mass is 414 g/mol. The van der Waals surface area contributed by atoms with Crippen LogP contribution in [0, 0.1) is 0 Å². The van der Waals surface area contributed by atoms with E-state index >= 15 is 0 Å². The number of pyridine rings is 1. The predicted molar refractivity (Wildman–Crippen MR) is 116 cm³/mol. The first kappa shape index (κ1) is 20.4. The van der Waals surface area contributed by atoms with Crippen molar-refractivity contribution in [2.75, 3.05) is 17.2 Å². The van der Waals surface area contributed by atoms with Crippen molar-refractivity contribution < 1.29 is 4.79 Å². The summed E-state index contributed by atoms with van der Waals surface area (Å²) in [6.07, 6.45) is 5.63. The molecule has 1 aromatic carbocycles. The quantitative estimate of drug-likeness (QED) is 0.511. The SMILES string of the molecule is CCN(C(=O)CCSC(C)c1ccccc1)c1cn(-c2cccnc2)nc1Cl. The standard InChI is InChI=1S/C21H23ClN4OS/c1-3-25(19-15-26(24-21(19)22)18-10-7-12-23-14-18)20(27)11-13-28-16(2)17-8-5-4-6-9-17/h4-10,12,14-16H,3,11,13H2,1-2H3. The number of hydrogen-bond acceptors (Lipinski definition) is 4. The second-order valence-corrected chi connectivity index (χ2v) is 8.08. The van der Waals surface area contributed by atoms with Gasteiger partial charge in [0.25, 0.3) is 0 Å². The van der Waals surface area contributed by atoms with Gasteiger partial charge in [-0.05, 0) is 31.5 Å². The first-order chi connectivity index (χ1) is 13.6. The van der Waals surface area contributed by atoms with Gasteiger partial charge in [0.05, 0.1) is 18.1 Å². The van der Waals surface area contributed by atoms with Crippen molar-refractivity contribution in [3.63, 3.8) is 0 Å². The molecule has 1 amide bonds.